The Morgan fingerprint density at radius 1 is 1.07 bits per heavy atom. The third-order valence-electron chi connectivity index (χ3n) is 6.39. The first-order chi connectivity index (χ1) is 13.0. The predicted molar refractivity (Wildman–Crippen MR) is 108 cm³/mol. The van der Waals surface area contributed by atoms with E-state index >= 15 is 0 Å². The largest absolute Gasteiger partial charge is 0.383 e. The maximum atomic E-state index is 12.1. The SMILES string of the molecule is CN(C1CCC(N)CC1)C1CCc2cc(-n3ccc(N)nc3=O)ccc2C1. The van der Waals surface area contributed by atoms with Gasteiger partial charge in [-0.25, -0.2) is 4.79 Å². The summed E-state index contributed by atoms with van der Waals surface area (Å²) in [6.45, 7) is 0. The van der Waals surface area contributed by atoms with E-state index in [9.17, 15) is 4.79 Å². The second-order valence-corrected chi connectivity index (χ2v) is 8.09. The fourth-order valence-electron chi connectivity index (χ4n) is 4.64. The van der Waals surface area contributed by atoms with Crippen molar-refractivity contribution in [3.8, 4) is 5.69 Å². The number of benzene rings is 1. The van der Waals surface area contributed by atoms with Gasteiger partial charge < -0.3 is 16.4 Å². The Kier molecular flexibility index (Phi) is 5.02. The van der Waals surface area contributed by atoms with Crippen LogP contribution in [0.2, 0.25) is 0 Å². The summed E-state index contributed by atoms with van der Waals surface area (Å²) in [6.07, 6.45) is 9.69. The van der Waals surface area contributed by atoms with Crippen molar-refractivity contribution in [1.82, 2.24) is 14.5 Å². The van der Waals surface area contributed by atoms with Crippen LogP contribution in [-0.4, -0.2) is 39.6 Å². The molecule has 6 heteroatoms. The molecule has 144 valence electrons. The fourth-order valence-corrected chi connectivity index (χ4v) is 4.64. The Balaban J connectivity index is 1.50. The van der Waals surface area contributed by atoms with Gasteiger partial charge in [0.2, 0.25) is 0 Å². The number of fused-ring (bicyclic) bond motifs is 1. The molecule has 0 spiro atoms. The zero-order valence-electron chi connectivity index (χ0n) is 16.0. The molecule has 1 unspecified atom stereocenters. The maximum absolute atomic E-state index is 12.1. The number of nitrogen functional groups attached to an aromatic ring is 1. The van der Waals surface area contributed by atoms with Crippen LogP contribution in [0, 0.1) is 0 Å². The number of hydrogen-bond acceptors (Lipinski definition) is 5. The lowest BCUT2D eigenvalue weighted by atomic mass is 9.84. The molecule has 4 N–H and O–H groups in total. The third kappa shape index (κ3) is 3.77. The van der Waals surface area contributed by atoms with Gasteiger partial charge in [0.1, 0.15) is 5.82 Å². The molecular weight excluding hydrogens is 338 g/mol. The van der Waals surface area contributed by atoms with Crippen molar-refractivity contribution in [3.63, 3.8) is 0 Å². The lowest BCUT2D eigenvalue weighted by Crippen LogP contribution is -2.46. The first-order valence-corrected chi connectivity index (χ1v) is 9.96. The Labute approximate surface area is 160 Å². The number of nitrogens with zero attached hydrogens (tertiary/aromatic N) is 3. The standard InChI is InChI=1S/C21H29N5O/c1-25(17-8-4-16(22)5-9-17)18-6-2-15-13-19(7-3-14(15)12-18)26-11-10-20(23)24-21(26)27/h3,7,10-11,13,16-18H,2,4-6,8-9,12,22H2,1H3,(H2,23,24,27). The summed E-state index contributed by atoms with van der Waals surface area (Å²) in [5.41, 5.74) is 14.9. The van der Waals surface area contributed by atoms with Gasteiger partial charge in [-0.05, 0) is 81.3 Å². The Morgan fingerprint density at radius 2 is 1.85 bits per heavy atom. The number of nitrogens with two attached hydrogens (primary N) is 2. The summed E-state index contributed by atoms with van der Waals surface area (Å²) >= 11 is 0. The van der Waals surface area contributed by atoms with Crippen LogP contribution in [0.4, 0.5) is 5.82 Å². The Bertz CT molecular complexity index is 869. The molecule has 1 fully saturated rings. The first kappa shape index (κ1) is 18.2. The zero-order chi connectivity index (χ0) is 19.0. The van der Waals surface area contributed by atoms with Crippen molar-refractivity contribution in [2.45, 2.75) is 63.1 Å². The van der Waals surface area contributed by atoms with Crippen molar-refractivity contribution in [3.05, 3.63) is 52.1 Å². The molecule has 0 amide bonds. The monoisotopic (exact) mass is 367 g/mol. The van der Waals surface area contributed by atoms with E-state index in [1.807, 2.05) is 6.07 Å². The number of rotatable bonds is 3. The fraction of sp³-hybridized carbons (Fsp3) is 0.524. The van der Waals surface area contributed by atoms with Crippen LogP contribution < -0.4 is 17.2 Å². The van der Waals surface area contributed by atoms with E-state index in [1.54, 1.807) is 16.8 Å². The lowest BCUT2D eigenvalue weighted by Gasteiger charge is -2.40. The third-order valence-corrected chi connectivity index (χ3v) is 6.39. The number of anilines is 1. The van der Waals surface area contributed by atoms with Gasteiger partial charge in [0, 0.05) is 24.3 Å². The molecule has 1 atom stereocenters. The minimum Gasteiger partial charge on any atom is -0.383 e. The summed E-state index contributed by atoms with van der Waals surface area (Å²) in [6, 6.07) is 9.61. The number of hydrogen-bond donors (Lipinski definition) is 2. The zero-order valence-corrected chi connectivity index (χ0v) is 16.0. The van der Waals surface area contributed by atoms with E-state index in [0.717, 1.165) is 37.8 Å². The Hall–Kier alpha value is -2.18. The first-order valence-electron chi connectivity index (χ1n) is 9.96. The van der Waals surface area contributed by atoms with E-state index in [2.05, 4.69) is 29.1 Å². The molecule has 2 aliphatic carbocycles. The average molecular weight is 367 g/mol. The van der Waals surface area contributed by atoms with E-state index in [0.29, 0.717) is 18.1 Å². The maximum Gasteiger partial charge on any atom is 0.354 e. The van der Waals surface area contributed by atoms with Crippen molar-refractivity contribution < 1.29 is 0 Å². The summed E-state index contributed by atoms with van der Waals surface area (Å²) in [5, 5.41) is 0. The van der Waals surface area contributed by atoms with Gasteiger partial charge in [-0.2, -0.15) is 4.98 Å². The van der Waals surface area contributed by atoms with E-state index < -0.39 is 0 Å². The molecule has 0 saturated heterocycles. The highest BCUT2D eigenvalue weighted by Crippen LogP contribution is 2.30. The average Bonchev–Trinajstić information content (AvgIpc) is 2.67. The molecule has 6 nitrogen and oxygen atoms in total. The van der Waals surface area contributed by atoms with Crippen LogP contribution in [0.3, 0.4) is 0 Å². The number of aryl methyl sites for hydroxylation is 1. The molecule has 1 aromatic heterocycles. The normalized spacial score (nSPS) is 25.4. The van der Waals surface area contributed by atoms with Gasteiger partial charge in [-0.1, -0.05) is 6.07 Å². The van der Waals surface area contributed by atoms with Crippen LogP contribution in [0.15, 0.2) is 35.3 Å². The molecule has 2 aromatic rings. The summed E-state index contributed by atoms with van der Waals surface area (Å²) in [7, 11) is 2.28. The molecule has 0 aliphatic heterocycles. The van der Waals surface area contributed by atoms with Crippen molar-refractivity contribution >= 4 is 5.82 Å². The molecule has 27 heavy (non-hydrogen) atoms. The van der Waals surface area contributed by atoms with Crippen LogP contribution >= 0.6 is 0 Å². The molecule has 1 aromatic carbocycles. The molecule has 0 bridgehead atoms. The van der Waals surface area contributed by atoms with Crippen LogP contribution in [0.25, 0.3) is 5.69 Å². The van der Waals surface area contributed by atoms with E-state index in [4.69, 9.17) is 11.5 Å². The molecular formula is C21H29N5O. The second-order valence-electron chi connectivity index (χ2n) is 8.09. The van der Waals surface area contributed by atoms with Crippen molar-refractivity contribution in [2.24, 2.45) is 5.73 Å². The van der Waals surface area contributed by atoms with Crippen LogP contribution in [0.5, 0.6) is 0 Å². The summed E-state index contributed by atoms with van der Waals surface area (Å²) in [5.74, 6) is 0.253. The summed E-state index contributed by atoms with van der Waals surface area (Å²) in [4.78, 5) is 18.5. The highest BCUT2D eigenvalue weighted by molar-refractivity contribution is 5.43. The Morgan fingerprint density at radius 3 is 2.59 bits per heavy atom. The van der Waals surface area contributed by atoms with Crippen LogP contribution in [-0.2, 0) is 12.8 Å². The van der Waals surface area contributed by atoms with Gasteiger partial charge in [-0.3, -0.25) is 4.57 Å². The lowest BCUT2D eigenvalue weighted by molar-refractivity contribution is 0.122. The molecule has 1 heterocycles. The molecule has 0 radical (unpaired) electrons. The van der Waals surface area contributed by atoms with Crippen LogP contribution in [0.1, 0.15) is 43.2 Å². The minimum absolute atomic E-state index is 0.253. The van der Waals surface area contributed by atoms with Gasteiger partial charge in [0.15, 0.2) is 0 Å². The van der Waals surface area contributed by atoms with E-state index in [1.165, 1.54) is 24.0 Å². The van der Waals surface area contributed by atoms with Gasteiger partial charge in [0.25, 0.3) is 0 Å². The van der Waals surface area contributed by atoms with E-state index in [-0.39, 0.29) is 11.5 Å². The predicted octanol–water partition coefficient (Wildman–Crippen LogP) is 1.87. The highest BCUT2D eigenvalue weighted by Gasteiger charge is 2.29. The van der Waals surface area contributed by atoms with Gasteiger partial charge >= 0.3 is 5.69 Å². The number of aromatic nitrogens is 2. The van der Waals surface area contributed by atoms with Gasteiger partial charge in [-0.15, -0.1) is 0 Å². The summed E-state index contributed by atoms with van der Waals surface area (Å²) < 4.78 is 1.56. The highest BCUT2D eigenvalue weighted by atomic mass is 16.1. The molecule has 2 aliphatic rings. The van der Waals surface area contributed by atoms with Gasteiger partial charge in [0.05, 0.1) is 5.69 Å². The number of likely N-dealkylation sites (N-methyl/N-ethyl adjacent to an activating group) is 1. The topological polar surface area (TPSA) is 90.2 Å². The molecule has 1 saturated carbocycles. The second kappa shape index (κ2) is 7.44. The smallest absolute Gasteiger partial charge is 0.354 e. The molecule has 4 rings (SSSR count). The van der Waals surface area contributed by atoms with Crippen molar-refractivity contribution in [1.29, 1.82) is 0 Å². The minimum atomic E-state index is -0.334. The quantitative estimate of drug-likeness (QED) is 0.864. The van der Waals surface area contributed by atoms with Crippen molar-refractivity contribution in [2.75, 3.05) is 12.8 Å².